The van der Waals surface area contributed by atoms with Crippen LogP contribution in [-0.4, -0.2) is 59.5 Å². The van der Waals surface area contributed by atoms with Gasteiger partial charge in [0.25, 0.3) is 0 Å². The Labute approximate surface area is 127 Å². The van der Waals surface area contributed by atoms with Crippen LogP contribution in [0.5, 0.6) is 0 Å². The molecule has 0 aromatic rings. The molecule has 1 saturated carbocycles. The summed E-state index contributed by atoms with van der Waals surface area (Å²) in [6, 6.07) is 0.274. The van der Waals surface area contributed by atoms with Gasteiger partial charge in [0.1, 0.15) is 0 Å². The van der Waals surface area contributed by atoms with Crippen LogP contribution >= 0.6 is 0 Å². The zero-order chi connectivity index (χ0) is 15.6. The lowest BCUT2D eigenvalue weighted by molar-refractivity contribution is -0.138. The van der Waals surface area contributed by atoms with Crippen LogP contribution in [0.15, 0.2) is 0 Å². The van der Waals surface area contributed by atoms with E-state index in [0.29, 0.717) is 5.91 Å². The Balaban J connectivity index is 1.86. The van der Waals surface area contributed by atoms with Crippen molar-refractivity contribution in [3.63, 3.8) is 0 Å². The van der Waals surface area contributed by atoms with Gasteiger partial charge < -0.3 is 10.0 Å². The van der Waals surface area contributed by atoms with Crippen molar-refractivity contribution in [3.8, 4) is 0 Å². The molecule has 1 amide bonds. The molecule has 1 aliphatic heterocycles. The number of hydrogen-bond donors (Lipinski definition) is 1. The van der Waals surface area contributed by atoms with Crippen LogP contribution in [0, 0.1) is 11.3 Å². The molecule has 21 heavy (non-hydrogen) atoms. The monoisotopic (exact) mass is 296 g/mol. The smallest absolute Gasteiger partial charge is 0.317 e. The fraction of sp³-hybridized carbons (Fsp3) is 0.875. The molecule has 1 N–H and O–H groups in total. The van der Waals surface area contributed by atoms with Gasteiger partial charge in [0.15, 0.2) is 0 Å². The molecule has 0 aromatic carbocycles. The Kier molecular flexibility index (Phi) is 4.91. The van der Waals surface area contributed by atoms with Gasteiger partial charge in [-0.15, -0.1) is 0 Å². The van der Waals surface area contributed by atoms with E-state index in [2.05, 4.69) is 13.8 Å². The van der Waals surface area contributed by atoms with Crippen molar-refractivity contribution in [1.82, 2.24) is 9.80 Å². The van der Waals surface area contributed by atoms with Crippen molar-refractivity contribution in [3.05, 3.63) is 0 Å². The summed E-state index contributed by atoms with van der Waals surface area (Å²) in [6.07, 6.45) is 4.92. The van der Waals surface area contributed by atoms with Gasteiger partial charge in [0, 0.05) is 25.0 Å². The number of carboxylic acid groups (broad SMARTS) is 1. The number of rotatable bonds is 5. The van der Waals surface area contributed by atoms with Crippen molar-refractivity contribution in [2.24, 2.45) is 11.3 Å². The first-order valence-electron chi connectivity index (χ1n) is 8.08. The van der Waals surface area contributed by atoms with E-state index in [1.54, 1.807) is 0 Å². The highest BCUT2D eigenvalue weighted by Crippen LogP contribution is 2.55. The summed E-state index contributed by atoms with van der Waals surface area (Å²) in [5.41, 5.74) is 0.225. The van der Waals surface area contributed by atoms with E-state index in [-0.39, 0.29) is 23.9 Å². The number of amides is 1. The van der Waals surface area contributed by atoms with Gasteiger partial charge in [0.2, 0.25) is 5.91 Å². The van der Waals surface area contributed by atoms with Crippen molar-refractivity contribution < 1.29 is 14.7 Å². The third-order valence-corrected chi connectivity index (χ3v) is 5.47. The van der Waals surface area contributed by atoms with Crippen molar-refractivity contribution in [2.75, 3.05) is 26.7 Å². The van der Waals surface area contributed by atoms with Crippen LogP contribution in [-0.2, 0) is 9.59 Å². The molecular weight excluding hydrogens is 268 g/mol. The van der Waals surface area contributed by atoms with E-state index in [1.807, 2.05) is 16.8 Å². The molecule has 5 heteroatoms. The third-order valence-electron chi connectivity index (χ3n) is 5.47. The number of carbonyl (C=O) groups excluding carboxylic acids is 1. The normalized spacial score (nSPS) is 32.9. The Morgan fingerprint density at radius 1 is 1.33 bits per heavy atom. The molecule has 0 radical (unpaired) electrons. The molecular formula is C16H28N2O3. The first-order valence-corrected chi connectivity index (χ1v) is 8.08. The Morgan fingerprint density at radius 2 is 2.05 bits per heavy atom. The zero-order valence-electron chi connectivity index (χ0n) is 13.5. The molecule has 0 spiro atoms. The lowest BCUT2D eigenvalue weighted by Crippen LogP contribution is -2.38. The van der Waals surface area contributed by atoms with Crippen molar-refractivity contribution >= 4 is 11.9 Å². The fourth-order valence-electron chi connectivity index (χ4n) is 3.49. The number of carboxylic acids is 1. The van der Waals surface area contributed by atoms with Gasteiger partial charge in [-0.3, -0.25) is 14.5 Å². The minimum Gasteiger partial charge on any atom is -0.480 e. The maximum absolute atomic E-state index is 12.6. The maximum atomic E-state index is 12.6. The summed E-state index contributed by atoms with van der Waals surface area (Å²) < 4.78 is 0. The summed E-state index contributed by atoms with van der Waals surface area (Å²) in [6.45, 7) is 6.04. The van der Waals surface area contributed by atoms with Crippen LogP contribution in [0.3, 0.4) is 0 Å². The van der Waals surface area contributed by atoms with Crippen LogP contribution in [0.2, 0.25) is 0 Å². The van der Waals surface area contributed by atoms with Crippen LogP contribution in [0.25, 0.3) is 0 Å². The fourth-order valence-corrected chi connectivity index (χ4v) is 3.49. The van der Waals surface area contributed by atoms with E-state index in [4.69, 9.17) is 5.11 Å². The minimum absolute atomic E-state index is 0.0785. The molecule has 2 rings (SSSR count). The Hall–Kier alpha value is -1.10. The lowest BCUT2D eigenvalue weighted by atomic mass is 10.0. The molecule has 120 valence electrons. The van der Waals surface area contributed by atoms with Gasteiger partial charge in [-0.25, -0.2) is 0 Å². The zero-order valence-corrected chi connectivity index (χ0v) is 13.5. The van der Waals surface area contributed by atoms with Crippen molar-refractivity contribution in [1.29, 1.82) is 0 Å². The van der Waals surface area contributed by atoms with Gasteiger partial charge in [-0.1, -0.05) is 13.8 Å². The van der Waals surface area contributed by atoms with Gasteiger partial charge in [0.05, 0.1) is 6.54 Å². The number of carbonyl (C=O) groups is 2. The SMILES string of the molecule is CCC1(C)CC1C(=O)N1CCCC(N(C)CC(=O)O)CC1. The molecule has 1 aliphatic carbocycles. The van der Waals surface area contributed by atoms with E-state index >= 15 is 0 Å². The molecule has 2 aliphatic rings. The second-order valence-electron chi connectivity index (χ2n) is 6.98. The van der Waals surface area contributed by atoms with Crippen LogP contribution in [0.4, 0.5) is 0 Å². The molecule has 3 atom stereocenters. The highest BCUT2D eigenvalue weighted by atomic mass is 16.4. The average Bonchev–Trinajstić information content (AvgIpc) is 3.16. The lowest BCUT2D eigenvalue weighted by Gasteiger charge is -2.26. The summed E-state index contributed by atoms with van der Waals surface area (Å²) in [7, 11) is 1.87. The summed E-state index contributed by atoms with van der Waals surface area (Å²) in [4.78, 5) is 27.3. The first-order chi connectivity index (χ1) is 9.87. The topological polar surface area (TPSA) is 60.9 Å². The maximum Gasteiger partial charge on any atom is 0.317 e. The minimum atomic E-state index is -0.786. The van der Waals surface area contributed by atoms with E-state index in [9.17, 15) is 9.59 Å². The molecule has 3 unspecified atom stereocenters. The van der Waals surface area contributed by atoms with Crippen LogP contribution < -0.4 is 0 Å². The highest BCUT2D eigenvalue weighted by Gasteiger charge is 2.54. The molecule has 0 bridgehead atoms. The number of likely N-dealkylation sites (N-methyl/N-ethyl adjacent to an activating group) is 1. The highest BCUT2D eigenvalue weighted by molar-refractivity contribution is 5.82. The summed E-state index contributed by atoms with van der Waals surface area (Å²) in [5, 5.41) is 8.88. The predicted molar refractivity (Wildman–Crippen MR) is 81.0 cm³/mol. The standard InChI is InChI=1S/C16H28N2O3/c1-4-16(2)10-13(16)15(21)18-8-5-6-12(7-9-18)17(3)11-14(19)20/h12-13H,4-11H2,1-3H3,(H,19,20). The van der Waals surface area contributed by atoms with Gasteiger partial charge in [-0.05, 0) is 44.6 Å². The van der Waals surface area contributed by atoms with Gasteiger partial charge in [-0.2, -0.15) is 0 Å². The molecule has 1 saturated heterocycles. The van der Waals surface area contributed by atoms with Crippen LogP contribution in [0.1, 0.15) is 46.0 Å². The molecule has 2 fully saturated rings. The molecule has 1 heterocycles. The first kappa shape index (κ1) is 16.3. The van der Waals surface area contributed by atoms with Crippen molar-refractivity contribution in [2.45, 2.75) is 52.0 Å². The number of likely N-dealkylation sites (tertiary alicyclic amines) is 1. The Bertz CT molecular complexity index is 412. The molecule has 0 aromatic heterocycles. The number of hydrogen-bond acceptors (Lipinski definition) is 3. The number of aliphatic carboxylic acids is 1. The predicted octanol–water partition coefficient (Wildman–Crippen LogP) is 1.82. The van der Waals surface area contributed by atoms with Gasteiger partial charge >= 0.3 is 5.97 Å². The van der Waals surface area contributed by atoms with E-state index in [1.165, 1.54) is 0 Å². The third kappa shape index (κ3) is 3.76. The summed E-state index contributed by atoms with van der Waals surface area (Å²) >= 11 is 0. The van der Waals surface area contributed by atoms with E-state index < -0.39 is 5.97 Å². The Morgan fingerprint density at radius 3 is 2.62 bits per heavy atom. The average molecular weight is 296 g/mol. The quantitative estimate of drug-likeness (QED) is 0.840. The summed E-state index contributed by atoms with van der Waals surface area (Å²) in [5.74, 6) is -0.247. The second kappa shape index (κ2) is 6.34. The number of nitrogens with zero attached hydrogens (tertiary/aromatic N) is 2. The molecule has 5 nitrogen and oxygen atoms in total. The van der Waals surface area contributed by atoms with E-state index in [0.717, 1.165) is 45.2 Å². The second-order valence-corrected chi connectivity index (χ2v) is 6.98. The largest absolute Gasteiger partial charge is 0.480 e.